The molecule has 0 saturated heterocycles. The van der Waals surface area contributed by atoms with Gasteiger partial charge in [-0.15, -0.1) is 0 Å². The number of anilines is 1. The van der Waals surface area contributed by atoms with Gasteiger partial charge in [-0.2, -0.15) is 0 Å². The van der Waals surface area contributed by atoms with Crippen molar-refractivity contribution in [2.75, 3.05) is 19.5 Å². The van der Waals surface area contributed by atoms with Gasteiger partial charge in [0.15, 0.2) is 11.5 Å². The SMILES string of the molecule is COc1cc(OC)c(NCc2cccc(O)c2O)cc1Cl. The lowest BCUT2D eigenvalue weighted by Gasteiger charge is -2.14. The van der Waals surface area contributed by atoms with Crippen LogP contribution < -0.4 is 14.8 Å². The number of aromatic hydroxyl groups is 2. The maximum Gasteiger partial charge on any atom is 0.162 e. The smallest absolute Gasteiger partial charge is 0.162 e. The summed E-state index contributed by atoms with van der Waals surface area (Å²) in [7, 11) is 3.07. The fourth-order valence-electron chi connectivity index (χ4n) is 1.91. The summed E-state index contributed by atoms with van der Waals surface area (Å²) in [4.78, 5) is 0. The van der Waals surface area contributed by atoms with Crippen LogP contribution in [0.3, 0.4) is 0 Å². The predicted molar refractivity (Wildman–Crippen MR) is 81.7 cm³/mol. The van der Waals surface area contributed by atoms with Crippen molar-refractivity contribution < 1.29 is 19.7 Å². The number of ether oxygens (including phenoxy) is 2. The van der Waals surface area contributed by atoms with Crippen molar-refractivity contribution in [3.8, 4) is 23.0 Å². The molecule has 6 heteroatoms. The average molecular weight is 310 g/mol. The molecule has 0 heterocycles. The highest BCUT2D eigenvalue weighted by Gasteiger charge is 2.11. The Morgan fingerprint density at radius 2 is 1.81 bits per heavy atom. The Morgan fingerprint density at radius 3 is 2.48 bits per heavy atom. The molecule has 0 radical (unpaired) electrons. The molecule has 0 aliphatic heterocycles. The van der Waals surface area contributed by atoms with Gasteiger partial charge in [0.1, 0.15) is 11.5 Å². The minimum Gasteiger partial charge on any atom is -0.504 e. The van der Waals surface area contributed by atoms with Gasteiger partial charge in [0, 0.05) is 18.2 Å². The van der Waals surface area contributed by atoms with Crippen LogP contribution in [0.2, 0.25) is 5.02 Å². The van der Waals surface area contributed by atoms with E-state index in [0.717, 1.165) is 0 Å². The number of hydrogen-bond donors (Lipinski definition) is 3. The van der Waals surface area contributed by atoms with Gasteiger partial charge >= 0.3 is 0 Å². The predicted octanol–water partition coefficient (Wildman–Crippen LogP) is 3.38. The summed E-state index contributed by atoms with van der Waals surface area (Å²) in [5, 5.41) is 22.8. The molecule has 2 rings (SSSR count). The fraction of sp³-hybridized carbons (Fsp3) is 0.200. The quantitative estimate of drug-likeness (QED) is 0.739. The van der Waals surface area contributed by atoms with Crippen LogP contribution in [0.25, 0.3) is 0 Å². The fourth-order valence-corrected chi connectivity index (χ4v) is 2.15. The van der Waals surface area contributed by atoms with Gasteiger partial charge in [-0.05, 0) is 12.1 Å². The molecule has 0 unspecified atom stereocenters. The number of nitrogens with one attached hydrogen (secondary N) is 1. The van der Waals surface area contributed by atoms with E-state index in [4.69, 9.17) is 21.1 Å². The molecule has 0 amide bonds. The summed E-state index contributed by atoms with van der Waals surface area (Å²) in [6.45, 7) is 0.305. The Kier molecular flexibility index (Phi) is 4.65. The lowest BCUT2D eigenvalue weighted by molar-refractivity contribution is 0.395. The number of rotatable bonds is 5. The molecule has 0 saturated carbocycles. The number of hydrogen-bond acceptors (Lipinski definition) is 5. The molecular formula is C15H16ClNO4. The highest BCUT2D eigenvalue weighted by molar-refractivity contribution is 6.32. The molecule has 5 nitrogen and oxygen atoms in total. The Hall–Kier alpha value is -2.27. The molecule has 2 aromatic rings. The molecule has 0 aromatic heterocycles. The maximum atomic E-state index is 9.77. The zero-order chi connectivity index (χ0) is 15.4. The van der Waals surface area contributed by atoms with Gasteiger partial charge in [-0.1, -0.05) is 23.7 Å². The van der Waals surface area contributed by atoms with Crippen LogP contribution in [0.5, 0.6) is 23.0 Å². The Morgan fingerprint density at radius 1 is 1.10 bits per heavy atom. The number of phenolic OH excluding ortho intramolecular Hbond substituents is 2. The molecule has 0 aliphatic rings. The lowest BCUT2D eigenvalue weighted by Crippen LogP contribution is -2.02. The zero-order valence-electron chi connectivity index (χ0n) is 11.7. The van der Waals surface area contributed by atoms with Crippen LogP contribution in [0.1, 0.15) is 5.56 Å². The Labute approximate surface area is 127 Å². The third-order valence-corrected chi connectivity index (χ3v) is 3.34. The second kappa shape index (κ2) is 6.45. The van der Waals surface area contributed by atoms with Crippen LogP contribution in [-0.2, 0) is 6.54 Å². The van der Waals surface area contributed by atoms with E-state index in [1.54, 1.807) is 31.4 Å². The summed E-state index contributed by atoms with van der Waals surface area (Å²) in [6.07, 6.45) is 0. The van der Waals surface area contributed by atoms with Gasteiger partial charge in [-0.25, -0.2) is 0 Å². The van der Waals surface area contributed by atoms with E-state index in [0.29, 0.717) is 34.3 Å². The van der Waals surface area contributed by atoms with E-state index in [2.05, 4.69) is 5.32 Å². The highest BCUT2D eigenvalue weighted by atomic mass is 35.5. The van der Waals surface area contributed by atoms with E-state index in [1.165, 1.54) is 13.2 Å². The Bertz CT molecular complexity index is 646. The van der Waals surface area contributed by atoms with Crippen LogP contribution in [0.4, 0.5) is 5.69 Å². The first-order valence-corrected chi connectivity index (χ1v) is 6.59. The highest BCUT2D eigenvalue weighted by Crippen LogP contribution is 2.36. The van der Waals surface area contributed by atoms with Crippen LogP contribution in [-0.4, -0.2) is 24.4 Å². The molecule has 0 bridgehead atoms. The third-order valence-electron chi connectivity index (χ3n) is 3.04. The number of methoxy groups -OCH3 is 2. The molecule has 21 heavy (non-hydrogen) atoms. The molecule has 0 spiro atoms. The van der Waals surface area contributed by atoms with Crippen molar-refractivity contribution in [2.45, 2.75) is 6.54 Å². The summed E-state index contributed by atoms with van der Waals surface area (Å²) >= 11 is 6.09. The van der Waals surface area contributed by atoms with Crippen molar-refractivity contribution in [1.29, 1.82) is 0 Å². The molecule has 0 atom stereocenters. The van der Waals surface area contributed by atoms with Crippen molar-refractivity contribution in [2.24, 2.45) is 0 Å². The van der Waals surface area contributed by atoms with Gasteiger partial charge in [0.2, 0.25) is 0 Å². The Balaban J connectivity index is 2.23. The van der Waals surface area contributed by atoms with Crippen molar-refractivity contribution in [1.82, 2.24) is 0 Å². The summed E-state index contributed by atoms with van der Waals surface area (Å²) < 4.78 is 10.4. The molecule has 3 N–H and O–H groups in total. The minimum atomic E-state index is -0.158. The first-order chi connectivity index (χ1) is 10.1. The van der Waals surface area contributed by atoms with E-state index in [1.807, 2.05) is 0 Å². The van der Waals surface area contributed by atoms with Crippen LogP contribution in [0, 0.1) is 0 Å². The summed E-state index contributed by atoms with van der Waals surface area (Å²) in [5.74, 6) is 0.771. The molecule has 112 valence electrons. The number of benzene rings is 2. The maximum absolute atomic E-state index is 9.77. The van der Waals surface area contributed by atoms with E-state index >= 15 is 0 Å². The molecule has 2 aromatic carbocycles. The molecule has 0 aliphatic carbocycles. The second-order valence-corrected chi connectivity index (χ2v) is 4.73. The van der Waals surface area contributed by atoms with Crippen molar-refractivity contribution >= 4 is 17.3 Å². The monoisotopic (exact) mass is 309 g/mol. The average Bonchev–Trinajstić information content (AvgIpc) is 2.49. The molecular weight excluding hydrogens is 294 g/mol. The standard InChI is InChI=1S/C15H16ClNO4/c1-20-13-7-14(21-2)11(6-10(13)16)17-8-9-4-3-5-12(18)15(9)19/h3-7,17-19H,8H2,1-2H3. The number of para-hydroxylation sites is 1. The van der Waals surface area contributed by atoms with E-state index in [-0.39, 0.29) is 11.5 Å². The largest absolute Gasteiger partial charge is 0.504 e. The van der Waals surface area contributed by atoms with Gasteiger partial charge in [0.25, 0.3) is 0 Å². The van der Waals surface area contributed by atoms with Gasteiger partial charge < -0.3 is 25.0 Å². The first kappa shape index (κ1) is 15.1. The topological polar surface area (TPSA) is 71.0 Å². The first-order valence-electron chi connectivity index (χ1n) is 6.22. The second-order valence-electron chi connectivity index (χ2n) is 4.33. The third kappa shape index (κ3) is 3.25. The van der Waals surface area contributed by atoms with Crippen LogP contribution in [0.15, 0.2) is 30.3 Å². The number of phenols is 2. The summed E-state index contributed by atoms with van der Waals surface area (Å²) in [6, 6.07) is 8.14. The normalized spacial score (nSPS) is 10.2. The van der Waals surface area contributed by atoms with Crippen LogP contribution >= 0.6 is 11.6 Å². The van der Waals surface area contributed by atoms with Crippen molar-refractivity contribution in [3.63, 3.8) is 0 Å². The van der Waals surface area contributed by atoms with Crippen molar-refractivity contribution in [3.05, 3.63) is 40.9 Å². The lowest BCUT2D eigenvalue weighted by atomic mass is 10.1. The molecule has 0 fully saturated rings. The van der Waals surface area contributed by atoms with Gasteiger partial charge in [0.05, 0.1) is 24.9 Å². The van der Waals surface area contributed by atoms with E-state index in [9.17, 15) is 10.2 Å². The van der Waals surface area contributed by atoms with Gasteiger partial charge in [-0.3, -0.25) is 0 Å². The van der Waals surface area contributed by atoms with E-state index < -0.39 is 0 Å². The number of halogens is 1. The zero-order valence-corrected chi connectivity index (χ0v) is 12.4. The minimum absolute atomic E-state index is 0.149. The summed E-state index contributed by atoms with van der Waals surface area (Å²) in [5.41, 5.74) is 1.22.